The molecule has 8 rings (SSSR count). The number of anilines is 1. The Morgan fingerprint density at radius 3 is 2.48 bits per heavy atom. The summed E-state index contributed by atoms with van der Waals surface area (Å²) in [5.41, 5.74) is 2.22. The second kappa shape index (κ2) is 9.85. The van der Waals surface area contributed by atoms with Crippen molar-refractivity contribution in [2.75, 3.05) is 11.9 Å². The number of alkyl halides is 3. The average molecular weight is 589 g/mol. The Bertz CT molecular complexity index is 1620. The van der Waals surface area contributed by atoms with Gasteiger partial charge in [0.1, 0.15) is 17.1 Å². The standard InChI is InChI=1S/C27H30N4O4.C2HF3O2/c1-16-9-20(16)31-8-4-7-19(25(31)33)28-24(32)18-11-30-12-22(27-13-26(2,14-27)34-15-27)29-23(30)10-21(18)35-17-5-3-6-17;3-2(4,5)1(6)7/h4,7-8,10-12,16-17,20H,3,5-6,9,13-15H2,1-2H3,(H,28,32);(H,6,7)/t16-,20+,26?,27?;/m1./s1. The normalized spacial score (nSPS) is 27.8. The number of rotatable bonds is 6. The van der Waals surface area contributed by atoms with E-state index in [1.807, 2.05) is 22.7 Å². The number of aromatic nitrogens is 3. The molecule has 2 bridgehead atoms. The van der Waals surface area contributed by atoms with Crippen LogP contribution in [0.4, 0.5) is 18.9 Å². The summed E-state index contributed by atoms with van der Waals surface area (Å²) in [4.78, 5) is 40.3. The van der Waals surface area contributed by atoms with Gasteiger partial charge in [0.2, 0.25) is 0 Å². The van der Waals surface area contributed by atoms with Crippen LogP contribution in [0.2, 0.25) is 0 Å². The number of carbonyl (C=O) groups excluding carboxylic acids is 1. The van der Waals surface area contributed by atoms with Gasteiger partial charge in [-0.25, -0.2) is 9.78 Å². The van der Waals surface area contributed by atoms with Gasteiger partial charge in [0.05, 0.1) is 29.6 Å². The molecule has 5 heterocycles. The first-order valence-corrected chi connectivity index (χ1v) is 13.9. The van der Waals surface area contributed by atoms with E-state index in [1.54, 1.807) is 23.0 Å². The Morgan fingerprint density at radius 1 is 1.24 bits per heavy atom. The first-order valence-electron chi connectivity index (χ1n) is 13.9. The third-order valence-electron chi connectivity index (χ3n) is 8.70. The molecule has 0 radical (unpaired) electrons. The molecule has 0 unspecified atom stereocenters. The first kappa shape index (κ1) is 28.3. The minimum Gasteiger partial charge on any atom is -0.489 e. The van der Waals surface area contributed by atoms with Crippen molar-refractivity contribution in [3.8, 4) is 5.75 Å². The van der Waals surface area contributed by atoms with E-state index < -0.39 is 12.1 Å². The lowest BCUT2D eigenvalue weighted by Gasteiger charge is -2.41. The van der Waals surface area contributed by atoms with Crippen molar-refractivity contribution >= 4 is 23.2 Å². The third kappa shape index (κ3) is 5.14. The minimum atomic E-state index is -5.08. The lowest BCUT2D eigenvalue weighted by Crippen LogP contribution is -2.45. The fourth-order valence-corrected chi connectivity index (χ4v) is 6.11. The summed E-state index contributed by atoms with van der Waals surface area (Å²) in [5.74, 6) is -2.11. The number of carbonyl (C=O) groups is 2. The highest BCUT2D eigenvalue weighted by Crippen LogP contribution is 2.58. The monoisotopic (exact) mass is 588 g/mol. The largest absolute Gasteiger partial charge is 0.490 e. The number of imidazole rings is 1. The molecular formula is C29H31F3N4O6. The van der Waals surface area contributed by atoms with Crippen molar-refractivity contribution in [1.82, 2.24) is 14.0 Å². The fraction of sp³-hybridized carbons (Fsp3) is 0.517. The molecule has 3 saturated carbocycles. The summed E-state index contributed by atoms with van der Waals surface area (Å²) < 4.78 is 47.6. The lowest BCUT2D eigenvalue weighted by molar-refractivity contribution is -0.192. The second-order valence-electron chi connectivity index (χ2n) is 12.2. The van der Waals surface area contributed by atoms with Crippen molar-refractivity contribution in [2.45, 2.75) is 81.7 Å². The summed E-state index contributed by atoms with van der Waals surface area (Å²) in [6, 6.07) is 5.55. The molecule has 13 heteroatoms. The van der Waals surface area contributed by atoms with Crippen LogP contribution in [0.1, 0.15) is 74.5 Å². The van der Waals surface area contributed by atoms with Gasteiger partial charge < -0.3 is 28.9 Å². The molecule has 5 aliphatic rings. The van der Waals surface area contributed by atoms with Crippen molar-refractivity contribution in [2.24, 2.45) is 5.92 Å². The number of fused-ring (bicyclic) bond motifs is 2. The molecule has 3 aliphatic carbocycles. The van der Waals surface area contributed by atoms with Gasteiger partial charge in [-0.1, -0.05) is 6.92 Å². The predicted molar refractivity (Wildman–Crippen MR) is 144 cm³/mol. The topological polar surface area (TPSA) is 124 Å². The zero-order chi connectivity index (χ0) is 30.0. The highest BCUT2D eigenvalue weighted by molar-refractivity contribution is 6.06. The summed E-state index contributed by atoms with van der Waals surface area (Å²) >= 11 is 0. The number of ether oxygens (including phenoxy) is 2. The number of hydrogen-bond donors (Lipinski definition) is 2. The maximum atomic E-state index is 13.5. The molecule has 2 atom stereocenters. The number of halogens is 3. The van der Waals surface area contributed by atoms with E-state index in [0.29, 0.717) is 23.8 Å². The first-order chi connectivity index (χ1) is 19.8. The number of pyridine rings is 2. The van der Waals surface area contributed by atoms with Gasteiger partial charge in [0.25, 0.3) is 11.5 Å². The molecule has 5 fully saturated rings. The number of amides is 1. The maximum Gasteiger partial charge on any atom is 0.490 e. The number of aliphatic carboxylic acids is 1. The van der Waals surface area contributed by atoms with E-state index in [9.17, 15) is 22.8 Å². The second-order valence-corrected chi connectivity index (χ2v) is 12.2. The number of nitrogens with one attached hydrogen (secondary N) is 1. The Hall–Kier alpha value is -3.87. The lowest BCUT2D eigenvalue weighted by atomic mass is 9.62. The van der Waals surface area contributed by atoms with Gasteiger partial charge >= 0.3 is 12.1 Å². The van der Waals surface area contributed by atoms with Crippen LogP contribution in [0, 0.1) is 5.92 Å². The summed E-state index contributed by atoms with van der Waals surface area (Å²) in [5, 5.41) is 9.98. The van der Waals surface area contributed by atoms with E-state index in [-0.39, 0.29) is 40.3 Å². The van der Waals surface area contributed by atoms with Crippen molar-refractivity contribution in [3.63, 3.8) is 0 Å². The number of nitrogens with zero attached hydrogens (tertiary/aromatic N) is 3. The van der Waals surface area contributed by atoms with Crippen molar-refractivity contribution in [3.05, 3.63) is 58.4 Å². The van der Waals surface area contributed by atoms with Crippen LogP contribution in [0.5, 0.6) is 5.75 Å². The van der Waals surface area contributed by atoms with E-state index >= 15 is 0 Å². The van der Waals surface area contributed by atoms with E-state index in [0.717, 1.165) is 49.9 Å². The zero-order valence-corrected chi connectivity index (χ0v) is 23.1. The summed E-state index contributed by atoms with van der Waals surface area (Å²) in [6.45, 7) is 4.97. The molecule has 224 valence electrons. The molecule has 10 nitrogen and oxygen atoms in total. The quantitative estimate of drug-likeness (QED) is 0.427. The number of carboxylic acids is 1. The molecule has 42 heavy (non-hydrogen) atoms. The highest BCUT2D eigenvalue weighted by Gasteiger charge is 2.61. The molecule has 3 aromatic rings. The number of hydrogen-bond acceptors (Lipinski definition) is 6. The Morgan fingerprint density at radius 2 is 1.93 bits per heavy atom. The van der Waals surface area contributed by atoms with Gasteiger partial charge in [0, 0.05) is 36.1 Å². The van der Waals surface area contributed by atoms with E-state index in [1.165, 1.54) is 0 Å². The zero-order valence-electron chi connectivity index (χ0n) is 23.1. The van der Waals surface area contributed by atoms with Crippen LogP contribution in [0.25, 0.3) is 5.65 Å². The van der Waals surface area contributed by atoms with Crippen LogP contribution in [0.15, 0.2) is 41.6 Å². The van der Waals surface area contributed by atoms with Gasteiger partial charge in [0.15, 0.2) is 0 Å². The number of carboxylic acid groups (broad SMARTS) is 1. The van der Waals surface area contributed by atoms with Gasteiger partial charge in [-0.05, 0) is 63.5 Å². The third-order valence-corrected chi connectivity index (χ3v) is 8.70. The van der Waals surface area contributed by atoms with Gasteiger partial charge in [-0.15, -0.1) is 0 Å². The molecule has 2 saturated heterocycles. The Labute approximate surface area is 238 Å². The molecule has 0 aromatic carbocycles. The Balaban J connectivity index is 0.000000405. The van der Waals surface area contributed by atoms with Gasteiger partial charge in [-0.3, -0.25) is 9.59 Å². The van der Waals surface area contributed by atoms with Crippen LogP contribution in [-0.2, 0) is 14.9 Å². The maximum absolute atomic E-state index is 13.5. The fourth-order valence-electron chi connectivity index (χ4n) is 6.11. The molecule has 1 amide bonds. The minimum absolute atomic E-state index is 0.0276. The van der Waals surface area contributed by atoms with Crippen LogP contribution >= 0.6 is 0 Å². The smallest absolute Gasteiger partial charge is 0.489 e. The molecule has 0 spiro atoms. The van der Waals surface area contributed by atoms with Crippen molar-refractivity contribution < 1.29 is 37.3 Å². The Kier molecular flexibility index (Phi) is 6.63. The summed E-state index contributed by atoms with van der Waals surface area (Å²) in [7, 11) is 0. The molecule has 2 aliphatic heterocycles. The molecule has 3 aromatic heterocycles. The van der Waals surface area contributed by atoms with E-state index in [2.05, 4.69) is 19.2 Å². The van der Waals surface area contributed by atoms with E-state index in [4.69, 9.17) is 24.4 Å². The SMILES string of the molecule is C[C@@H]1C[C@@H]1n1cccc(NC(=O)c2cn3cc(C45COC(C)(C4)C5)nc3cc2OC2CCC2)c1=O.O=C(O)C(F)(F)F. The van der Waals surface area contributed by atoms with Crippen molar-refractivity contribution in [1.29, 1.82) is 0 Å². The van der Waals surface area contributed by atoms with Crippen LogP contribution < -0.4 is 15.6 Å². The predicted octanol–water partition coefficient (Wildman–Crippen LogP) is 4.71. The van der Waals surface area contributed by atoms with Gasteiger partial charge in [-0.2, -0.15) is 13.2 Å². The molecular weight excluding hydrogens is 557 g/mol. The molecule has 2 N–H and O–H groups in total. The van der Waals surface area contributed by atoms with Crippen LogP contribution in [-0.4, -0.2) is 55.4 Å². The average Bonchev–Trinajstić information content (AvgIpc) is 3.19. The highest BCUT2D eigenvalue weighted by atomic mass is 19.4. The summed E-state index contributed by atoms with van der Waals surface area (Å²) in [6.07, 6.45) is 6.65. The van der Waals surface area contributed by atoms with Crippen LogP contribution in [0.3, 0.4) is 0 Å².